The van der Waals surface area contributed by atoms with Crippen LogP contribution in [0, 0.1) is 0 Å². The van der Waals surface area contributed by atoms with Gasteiger partial charge in [-0.1, -0.05) is 28.1 Å². The Bertz CT molecular complexity index is 718. The standard InChI is InChI=1S/C14H9Br2F3N2O/c15-9-5-8(13(22)11(16)6-9)7-20-21-12-4-2-1-3-10(12)14(17,18)19/h1-7,21-22H. The third-order valence-corrected chi connectivity index (χ3v) is 3.74. The molecule has 0 aromatic heterocycles. The van der Waals surface area contributed by atoms with E-state index in [1.54, 1.807) is 12.1 Å². The molecule has 2 N–H and O–H groups in total. The molecule has 0 fully saturated rings. The normalized spacial score (nSPS) is 11.9. The molecule has 2 rings (SSSR count). The van der Waals surface area contributed by atoms with Gasteiger partial charge in [-0.05, 0) is 40.2 Å². The van der Waals surface area contributed by atoms with Gasteiger partial charge in [0.15, 0.2) is 0 Å². The van der Waals surface area contributed by atoms with Crippen molar-refractivity contribution in [2.75, 3.05) is 5.43 Å². The number of nitrogens with one attached hydrogen (secondary N) is 1. The molecule has 0 bridgehead atoms. The van der Waals surface area contributed by atoms with E-state index in [1.165, 1.54) is 24.4 Å². The summed E-state index contributed by atoms with van der Waals surface area (Å²) in [4.78, 5) is 0. The van der Waals surface area contributed by atoms with Crippen molar-refractivity contribution >= 4 is 43.8 Å². The highest BCUT2D eigenvalue weighted by Gasteiger charge is 2.33. The first-order valence-electron chi connectivity index (χ1n) is 5.92. The van der Waals surface area contributed by atoms with Crippen molar-refractivity contribution in [3.63, 3.8) is 0 Å². The van der Waals surface area contributed by atoms with Crippen molar-refractivity contribution in [2.24, 2.45) is 5.10 Å². The molecule has 3 nitrogen and oxygen atoms in total. The number of phenolic OH excluding ortho intramolecular Hbond substituents is 1. The molecule has 0 aliphatic rings. The summed E-state index contributed by atoms with van der Waals surface area (Å²) in [6, 6.07) is 8.23. The first kappa shape index (κ1) is 16.8. The molecule has 0 saturated heterocycles. The van der Waals surface area contributed by atoms with Crippen molar-refractivity contribution in [1.82, 2.24) is 0 Å². The van der Waals surface area contributed by atoms with Gasteiger partial charge in [-0.15, -0.1) is 0 Å². The van der Waals surface area contributed by atoms with Crippen molar-refractivity contribution in [2.45, 2.75) is 6.18 Å². The third-order valence-electron chi connectivity index (χ3n) is 2.68. The van der Waals surface area contributed by atoms with Gasteiger partial charge in [0.1, 0.15) is 5.75 Å². The Morgan fingerprint density at radius 1 is 1.14 bits per heavy atom. The molecule has 116 valence electrons. The Kier molecular flexibility index (Phi) is 5.12. The number of hydrazone groups is 1. The maximum Gasteiger partial charge on any atom is 0.418 e. The average molecular weight is 438 g/mol. The minimum absolute atomic E-state index is 0.0575. The number of aromatic hydroxyl groups is 1. The third kappa shape index (κ3) is 4.01. The van der Waals surface area contributed by atoms with Crippen LogP contribution in [-0.4, -0.2) is 11.3 Å². The summed E-state index contributed by atoms with van der Waals surface area (Å²) in [5.74, 6) is -0.0575. The van der Waals surface area contributed by atoms with Crippen LogP contribution in [0.4, 0.5) is 18.9 Å². The molecule has 0 aliphatic heterocycles. The molecule has 0 amide bonds. The lowest BCUT2D eigenvalue weighted by molar-refractivity contribution is -0.136. The van der Waals surface area contributed by atoms with Gasteiger partial charge in [-0.25, -0.2) is 0 Å². The Balaban J connectivity index is 2.25. The van der Waals surface area contributed by atoms with E-state index in [2.05, 4.69) is 42.4 Å². The summed E-state index contributed by atoms with van der Waals surface area (Å²) in [5.41, 5.74) is 1.71. The molecule has 0 radical (unpaired) electrons. The highest BCUT2D eigenvalue weighted by atomic mass is 79.9. The molecular formula is C14H9Br2F3N2O. The quantitative estimate of drug-likeness (QED) is 0.500. The number of alkyl halides is 3. The van der Waals surface area contributed by atoms with Gasteiger partial charge in [0.25, 0.3) is 0 Å². The Hall–Kier alpha value is -1.54. The maximum absolute atomic E-state index is 12.8. The van der Waals surface area contributed by atoms with Gasteiger partial charge >= 0.3 is 6.18 Å². The average Bonchev–Trinajstić information content (AvgIpc) is 2.43. The summed E-state index contributed by atoms with van der Waals surface area (Å²) >= 11 is 6.41. The zero-order valence-corrected chi connectivity index (χ0v) is 14.0. The molecule has 0 unspecified atom stereocenters. The van der Waals surface area contributed by atoms with Crippen LogP contribution in [0.15, 0.2) is 50.4 Å². The Morgan fingerprint density at radius 3 is 2.50 bits per heavy atom. The summed E-state index contributed by atoms with van der Waals surface area (Å²) in [6.07, 6.45) is -3.24. The van der Waals surface area contributed by atoms with Crippen LogP contribution >= 0.6 is 31.9 Å². The topological polar surface area (TPSA) is 44.6 Å². The summed E-state index contributed by atoms with van der Waals surface area (Å²) in [6.45, 7) is 0. The van der Waals surface area contributed by atoms with E-state index in [-0.39, 0.29) is 11.4 Å². The second-order valence-electron chi connectivity index (χ2n) is 4.24. The maximum atomic E-state index is 12.8. The van der Waals surface area contributed by atoms with E-state index in [0.29, 0.717) is 14.5 Å². The predicted octanol–water partition coefficient (Wildman–Crippen LogP) is 5.38. The molecule has 2 aromatic rings. The molecule has 22 heavy (non-hydrogen) atoms. The minimum atomic E-state index is -4.47. The Morgan fingerprint density at radius 2 is 1.82 bits per heavy atom. The number of benzene rings is 2. The fourth-order valence-electron chi connectivity index (χ4n) is 1.68. The van der Waals surface area contributed by atoms with Gasteiger partial charge in [-0.2, -0.15) is 18.3 Å². The van der Waals surface area contributed by atoms with E-state index in [4.69, 9.17) is 0 Å². The van der Waals surface area contributed by atoms with E-state index >= 15 is 0 Å². The van der Waals surface area contributed by atoms with Crippen LogP contribution in [0.3, 0.4) is 0 Å². The van der Waals surface area contributed by atoms with E-state index < -0.39 is 11.7 Å². The van der Waals surface area contributed by atoms with Crippen LogP contribution in [-0.2, 0) is 6.18 Å². The minimum Gasteiger partial charge on any atom is -0.506 e. The van der Waals surface area contributed by atoms with Gasteiger partial charge in [0, 0.05) is 10.0 Å². The van der Waals surface area contributed by atoms with Crippen molar-refractivity contribution in [1.29, 1.82) is 0 Å². The molecule has 0 saturated carbocycles. The Labute approximate surface area is 141 Å². The molecule has 8 heteroatoms. The van der Waals surface area contributed by atoms with Gasteiger partial charge in [0.2, 0.25) is 0 Å². The monoisotopic (exact) mass is 436 g/mol. The van der Waals surface area contributed by atoms with Crippen LogP contribution in [0.1, 0.15) is 11.1 Å². The molecular weight excluding hydrogens is 429 g/mol. The molecule has 0 spiro atoms. The second-order valence-corrected chi connectivity index (χ2v) is 6.01. The number of halogens is 5. The van der Waals surface area contributed by atoms with Crippen LogP contribution < -0.4 is 5.43 Å². The highest BCUT2D eigenvalue weighted by Crippen LogP contribution is 2.34. The summed E-state index contributed by atoms with van der Waals surface area (Å²) in [7, 11) is 0. The smallest absolute Gasteiger partial charge is 0.418 e. The number of phenols is 1. The van der Waals surface area contributed by atoms with Crippen LogP contribution in [0.5, 0.6) is 5.75 Å². The zero-order valence-electron chi connectivity index (χ0n) is 10.8. The molecule has 0 heterocycles. The summed E-state index contributed by atoms with van der Waals surface area (Å²) in [5, 5.41) is 13.6. The van der Waals surface area contributed by atoms with Crippen molar-refractivity contribution < 1.29 is 18.3 Å². The number of nitrogens with zero attached hydrogens (tertiary/aromatic N) is 1. The fourth-order valence-corrected chi connectivity index (χ4v) is 2.94. The van der Waals surface area contributed by atoms with Gasteiger partial charge in [0.05, 0.1) is 21.9 Å². The number of hydrogen-bond donors (Lipinski definition) is 2. The lowest BCUT2D eigenvalue weighted by atomic mass is 10.2. The fraction of sp³-hybridized carbons (Fsp3) is 0.0714. The number of rotatable bonds is 3. The first-order chi connectivity index (χ1) is 10.3. The lowest BCUT2D eigenvalue weighted by Gasteiger charge is -2.11. The van der Waals surface area contributed by atoms with E-state index in [9.17, 15) is 18.3 Å². The van der Waals surface area contributed by atoms with Crippen LogP contribution in [0.25, 0.3) is 0 Å². The predicted molar refractivity (Wildman–Crippen MR) is 86.2 cm³/mol. The van der Waals surface area contributed by atoms with Gasteiger partial charge in [-0.3, -0.25) is 5.43 Å². The molecule has 0 atom stereocenters. The first-order valence-corrected chi connectivity index (χ1v) is 7.51. The lowest BCUT2D eigenvalue weighted by Crippen LogP contribution is -2.08. The van der Waals surface area contributed by atoms with Crippen molar-refractivity contribution in [3.05, 3.63) is 56.5 Å². The molecule has 0 aliphatic carbocycles. The zero-order chi connectivity index (χ0) is 16.3. The largest absolute Gasteiger partial charge is 0.506 e. The number of anilines is 1. The van der Waals surface area contributed by atoms with E-state index in [0.717, 1.165) is 6.07 Å². The summed E-state index contributed by atoms with van der Waals surface area (Å²) < 4.78 is 39.6. The number of para-hydroxylation sites is 1. The van der Waals surface area contributed by atoms with Crippen molar-refractivity contribution in [3.8, 4) is 5.75 Å². The molecule has 2 aromatic carbocycles. The SMILES string of the molecule is Oc1c(Br)cc(Br)cc1C=NNc1ccccc1C(F)(F)F. The highest BCUT2D eigenvalue weighted by molar-refractivity contribution is 9.11. The second kappa shape index (κ2) is 6.70. The van der Waals surface area contributed by atoms with Crippen LogP contribution in [0.2, 0.25) is 0 Å². The number of hydrogen-bond acceptors (Lipinski definition) is 3. The van der Waals surface area contributed by atoms with E-state index in [1.807, 2.05) is 0 Å². The van der Waals surface area contributed by atoms with Gasteiger partial charge < -0.3 is 5.11 Å².